The molecule has 1 aromatic heterocycles. The number of benzene rings is 1. The first-order chi connectivity index (χ1) is 13.5. The summed E-state index contributed by atoms with van der Waals surface area (Å²) in [6, 6.07) is 9.33. The zero-order chi connectivity index (χ0) is 19.9. The van der Waals surface area contributed by atoms with Gasteiger partial charge in [-0.2, -0.15) is 0 Å². The van der Waals surface area contributed by atoms with Crippen LogP contribution in [0.25, 0.3) is 10.9 Å². The topological polar surface area (TPSA) is 65.1 Å². The first-order valence-corrected chi connectivity index (χ1v) is 10.7. The maximum absolute atomic E-state index is 4.91. The van der Waals surface area contributed by atoms with Crippen molar-refractivity contribution in [1.82, 2.24) is 25.5 Å². The molecule has 0 saturated carbocycles. The summed E-state index contributed by atoms with van der Waals surface area (Å²) < 4.78 is 0. The summed E-state index contributed by atoms with van der Waals surface area (Å²) in [6.07, 6.45) is 1.20. The number of nitrogens with zero attached hydrogens (tertiary/aromatic N) is 3. The Bertz CT molecular complexity index is 745. The van der Waals surface area contributed by atoms with E-state index in [2.05, 4.69) is 72.8 Å². The number of fused-ring (bicyclic) bond motifs is 1. The van der Waals surface area contributed by atoms with Crippen LogP contribution in [0.5, 0.6) is 0 Å². The number of hydrogen-bond donors (Lipinski definition) is 3. The van der Waals surface area contributed by atoms with E-state index in [1.54, 1.807) is 0 Å². The van der Waals surface area contributed by atoms with Crippen LogP contribution < -0.4 is 16.0 Å². The van der Waals surface area contributed by atoms with E-state index in [9.17, 15) is 0 Å². The third-order valence-electron chi connectivity index (χ3n) is 5.18. The minimum absolute atomic E-state index is 0.491. The molecule has 1 aromatic carbocycles. The van der Waals surface area contributed by atoms with Gasteiger partial charge in [0.15, 0.2) is 0 Å². The minimum Gasteiger partial charge on any atom is -0.368 e. The molecule has 1 atom stereocenters. The first kappa shape index (κ1) is 21.0. The highest BCUT2D eigenvalue weighted by Gasteiger charge is 2.24. The molecule has 1 unspecified atom stereocenters. The molecule has 3 N–H and O–H groups in total. The smallest absolute Gasteiger partial charge is 0.145 e. The highest BCUT2D eigenvalue weighted by atomic mass is 15.2. The van der Waals surface area contributed by atoms with Gasteiger partial charge in [-0.1, -0.05) is 39.8 Å². The third kappa shape index (κ3) is 5.87. The summed E-state index contributed by atoms with van der Waals surface area (Å²) in [5.74, 6) is 2.55. The van der Waals surface area contributed by atoms with Crippen molar-refractivity contribution in [3.05, 3.63) is 30.1 Å². The normalized spacial score (nSPS) is 18.3. The van der Waals surface area contributed by atoms with Gasteiger partial charge in [0.2, 0.25) is 0 Å². The van der Waals surface area contributed by atoms with Crippen LogP contribution in [0.15, 0.2) is 24.3 Å². The lowest BCUT2D eigenvalue weighted by atomic mass is 10.0. The molecule has 0 aliphatic carbocycles. The molecule has 2 aromatic rings. The molecule has 1 aliphatic heterocycles. The molecule has 0 bridgehead atoms. The van der Waals surface area contributed by atoms with Crippen molar-refractivity contribution >= 4 is 16.7 Å². The van der Waals surface area contributed by atoms with Crippen molar-refractivity contribution in [1.29, 1.82) is 0 Å². The lowest BCUT2D eigenvalue weighted by molar-refractivity contribution is 0.131. The van der Waals surface area contributed by atoms with Gasteiger partial charge in [0.25, 0.3) is 0 Å². The second kappa shape index (κ2) is 10.1. The Morgan fingerprint density at radius 3 is 2.75 bits per heavy atom. The lowest BCUT2D eigenvalue weighted by Gasteiger charge is -2.36. The Morgan fingerprint density at radius 1 is 1.14 bits per heavy atom. The number of anilines is 1. The maximum Gasteiger partial charge on any atom is 0.145 e. The second-order valence-corrected chi connectivity index (χ2v) is 8.50. The van der Waals surface area contributed by atoms with Crippen LogP contribution in [0.4, 0.5) is 5.82 Å². The van der Waals surface area contributed by atoms with Crippen LogP contribution in [-0.2, 0) is 6.54 Å². The van der Waals surface area contributed by atoms with Crippen molar-refractivity contribution in [3.8, 4) is 0 Å². The predicted octanol–water partition coefficient (Wildman–Crippen LogP) is 2.86. The fourth-order valence-corrected chi connectivity index (χ4v) is 3.84. The number of aromatic nitrogens is 2. The highest BCUT2D eigenvalue weighted by Crippen LogP contribution is 2.22. The molecule has 0 radical (unpaired) electrons. The number of hydrogen-bond acceptors (Lipinski definition) is 6. The van der Waals surface area contributed by atoms with Gasteiger partial charge in [0.1, 0.15) is 11.6 Å². The van der Waals surface area contributed by atoms with Crippen molar-refractivity contribution in [2.75, 3.05) is 38.0 Å². The average molecular weight is 385 g/mol. The van der Waals surface area contributed by atoms with Gasteiger partial charge in [-0.3, -0.25) is 4.90 Å². The summed E-state index contributed by atoms with van der Waals surface area (Å²) in [5.41, 5.74) is 1.02. The van der Waals surface area contributed by atoms with Crippen molar-refractivity contribution in [2.24, 2.45) is 5.92 Å². The maximum atomic E-state index is 4.91. The molecular weight excluding hydrogens is 348 g/mol. The Labute approximate surface area is 169 Å². The molecular formula is C22H36N6. The van der Waals surface area contributed by atoms with E-state index in [1.807, 2.05) is 0 Å². The minimum atomic E-state index is 0.491. The Balaban J connectivity index is 1.76. The number of para-hydroxylation sites is 1. The van der Waals surface area contributed by atoms with Gasteiger partial charge in [-0.15, -0.1) is 0 Å². The second-order valence-electron chi connectivity index (χ2n) is 8.50. The van der Waals surface area contributed by atoms with Crippen molar-refractivity contribution in [3.63, 3.8) is 0 Å². The van der Waals surface area contributed by atoms with E-state index in [4.69, 9.17) is 9.97 Å². The lowest BCUT2D eigenvalue weighted by Crippen LogP contribution is -2.51. The molecule has 154 valence electrons. The zero-order valence-corrected chi connectivity index (χ0v) is 17.8. The standard InChI is InChI=1S/C22H36N6/c1-16(2)13-18-14-23-11-12-28(18)15-21-26-20-8-6-5-7-19(20)22(27-21)25-10-9-24-17(3)4/h5-8,16-18,23-24H,9-15H2,1-4H3,(H,25,26,27). The zero-order valence-electron chi connectivity index (χ0n) is 17.8. The number of rotatable bonds is 9. The average Bonchev–Trinajstić information content (AvgIpc) is 2.66. The van der Waals surface area contributed by atoms with E-state index in [-0.39, 0.29) is 0 Å². The molecule has 1 fully saturated rings. The molecule has 28 heavy (non-hydrogen) atoms. The van der Waals surface area contributed by atoms with E-state index in [0.29, 0.717) is 18.0 Å². The first-order valence-electron chi connectivity index (χ1n) is 10.7. The van der Waals surface area contributed by atoms with Crippen molar-refractivity contribution < 1.29 is 0 Å². The SMILES string of the molecule is CC(C)CC1CNCCN1Cc1nc(NCCNC(C)C)c2ccccc2n1. The van der Waals surface area contributed by atoms with Crippen LogP contribution in [-0.4, -0.2) is 59.7 Å². The Kier molecular flexibility index (Phi) is 7.59. The molecule has 0 spiro atoms. The highest BCUT2D eigenvalue weighted by molar-refractivity contribution is 5.88. The van der Waals surface area contributed by atoms with Crippen LogP contribution >= 0.6 is 0 Å². The number of nitrogens with one attached hydrogen (secondary N) is 3. The van der Waals surface area contributed by atoms with E-state index in [0.717, 1.165) is 61.8 Å². The molecule has 1 aliphatic rings. The summed E-state index contributed by atoms with van der Waals surface area (Å²) >= 11 is 0. The summed E-state index contributed by atoms with van der Waals surface area (Å²) in [5, 5.41) is 11.6. The van der Waals surface area contributed by atoms with Gasteiger partial charge in [0, 0.05) is 50.2 Å². The van der Waals surface area contributed by atoms with Crippen molar-refractivity contribution in [2.45, 2.75) is 52.7 Å². The van der Waals surface area contributed by atoms with Crippen LogP contribution in [0, 0.1) is 5.92 Å². The van der Waals surface area contributed by atoms with Gasteiger partial charge >= 0.3 is 0 Å². The van der Waals surface area contributed by atoms with Crippen LogP contribution in [0.2, 0.25) is 0 Å². The predicted molar refractivity (Wildman–Crippen MR) is 118 cm³/mol. The van der Waals surface area contributed by atoms with Gasteiger partial charge in [-0.25, -0.2) is 9.97 Å². The van der Waals surface area contributed by atoms with Crippen LogP contribution in [0.1, 0.15) is 39.9 Å². The number of piperazine rings is 1. The summed E-state index contributed by atoms with van der Waals surface area (Å²) in [7, 11) is 0. The molecule has 3 rings (SSSR count). The van der Waals surface area contributed by atoms with E-state index in [1.165, 1.54) is 6.42 Å². The summed E-state index contributed by atoms with van der Waals surface area (Å²) in [4.78, 5) is 12.3. The van der Waals surface area contributed by atoms with E-state index < -0.39 is 0 Å². The third-order valence-corrected chi connectivity index (χ3v) is 5.18. The molecule has 2 heterocycles. The molecule has 6 heteroatoms. The fraction of sp³-hybridized carbons (Fsp3) is 0.636. The van der Waals surface area contributed by atoms with E-state index >= 15 is 0 Å². The Hall–Kier alpha value is -1.76. The molecule has 1 saturated heterocycles. The molecule has 6 nitrogen and oxygen atoms in total. The van der Waals surface area contributed by atoms with Gasteiger partial charge in [0.05, 0.1) is 12.1 Å². The molecule has 0 amide bonds. The van der Waals surface area contributed by atoms with Gasteiger partial charge < -0.3 is 16.0 Å². The summed E-state index contributed by atoms with van der Waals surface area (Å²) in [6.45, 7) is 14.6. The van der Waals surface area contributed by atoms with Gasteiger partial charge in [-0.05, 0) is 24.5 Å². The largest absolute Gasteiger partial charge is 0.368 e. The monoisotopic (exact) mass is 384 g/mol. The quantitative estimate of drug-likeness (QED) is 0.578. The van der Waals surface area contributed by atoms with Crippen LogP contribution in [0.3, 0.4) is 0 Å². The Morgan fingerprint density at radius 2 is 1.96 bits per heavy atom. The fourth-order valence-electron chi connectivity index (χ4n) is 3.84.